The molecule has 1 aromatic heterocycles. The smallest absolute Gasteiger partial charge is 0.126 e. The molecule has 2 aromatic carbocycles. The predicted molar refractivity (Wildman–Crippen MR) is 84.8 cm³/mol. The summed E-state index contributed by atoms with van der Waals surface area (Å²) in [6, 6.07) is 15.8. The van der Waals surface area contributed by atoms with Crippen molar-refractivity contribution in [3.05, 3.63) is 60.3 Å². The molecule has 4 heteroatoms. The van der Waals surface area contributed by atoms with Crippen molar-refractivity contribution in [3.8, 4) is 5.75 Å². The van der Waals surface area contributed by atoms with E-state index in [9.17, 15) is 0 Å². The van der Waals surface area contributed by atoms with E-state index in [0.29, 0.717) is 0 Å². The Hall–Kier alpha value is -2.04. The molecule has 106 valence electrons. The number of aliphatic hydroxyl groups is 1. The third kappa shape index (κ3) is 2.86. The van der Waals surface area contributed by atoms with Gasteiger partial charge in [0, 0.05) is 21.9 Å². The van der Waals surface area contributed by atoms with Gasteiger partial charge in [0.15, 0.2) is 0 Å². The number of aliphatic hydroxyl groups excluding tert-OH is 1. The minimum atomic E-state index is 0.0641. The van der Waals surface area contributed by atoms with E-state index in [0.717, 1.165) is 32.0 Å². The van der Waals surface area contributed by atoms with Crippen molar-refractivity contribution < 1.29 is 9.84 Å². The summed E-state index contributed by atoms with van der Waals surface area (Å²) in [5.74, 6) is 0.854. The fourth-order valence-electron chi connectivity index (χ4n) is 2.19. The van der Waals surface area contributed by atoms with Gasteiger partial charge in [-0.3, -0.25) is 0 Å². The molecule has 1 N–H and O–H groups in total. The normalized spacial score (nSPS) is 10.8. The van der Waals surface area contributed by atoms with Gasteiger partial charge in [-0.15, -0.1) is 0 Å². The first-order chi connectivity index (χ1) is 10.3. The van der Waals surface area contributed by atoms with E-state index in [1.54, 1.807) is 25.1 Å². The second kappa shape index (κ2) is 6.16. The molecule has 0 saturated heterocycles. The number of nitrogens with zero attached hydrogens (tertiary/aromatic N) is 1. The molecule has 0 aliphatic rings. The summed E-state index contributed by atoms with van der Waals surface area (Å²) in [5.41, 5.74) is 0.909. The summed E-state index contributed by atoms with van der Waals surface area (Å²) in [4.78, 5) is 5.57. The van der Waals surface area contributed by atoms with Crippen LogP contribution in [0.15, 0.2) is 64.6 Å². The van der Waals surface area contributed by atoms with Crippen LogP contribution < -0.4 is 4.74 Å². The highest BCUT2D eigenvalue weighted by atomic mass is 32.2. The van der Waals surface area contributed by atoms with Crippen LogP contribution in [0.1, 0.15) is 5.56 Å². The van der Waals surface area contributed by atoms with E-state index in [1.165, 1.54) is 0 Å². The molecular weight excluding hydrogens is 282 g/mol. The average Bonchev–Trinajstić information content (AvgIpc) is 2.55. The van der Waals surface area contributed by atoms with Crippen molar-refractivity contribution >= 4 is 22.5 Å². The molecular formula is C17H15NO2S. The third-order valence-corrected chi connectivity index (χ3v) is 4.30. The molecule has 0 aliphatic heterocycles. The molecule has 0 aliphatic carbocycles. The molecule has 1 heterocycles. The lowest BCUT2D eigenvalue weighted by molar-refractivity contribution is 0.282. The molecule has 0 bridgehead atoms. The monoisotopic (exact) mass is 297 g/mol. The van der Waals surface area contributed by atoms with Gasteiger partial charge in [0.05, 0.1) is 13.7 Å². The summed E-state index contributed by atoms with van der Waals surface area (Å²) < 4.78 is 5.40. The van der Waals surface area contributed by atoms with Crippen LogP contribution in [0.3, 0.4) is 0 Å². The van der Waals surface area contributed by atoms with Gasteiger partial charge < -0.3 is 9.84 Å². The number of ether oxygens (including phenoxy) is 1. The number of hydrogen-bond donors (Lipinski definition) is 1. The van der Waals surface area contributed by atoms with Crippen molar-refractivity contribution in [1.82, 2.24) is 4.98 Å². The first-order valence-electron chi connectivity index (χ1n) is 6.61. The number of rotatable bonds is 4. The quantitative estimate of drug-likeness (QED) is 0.793. The zero-order valence-electron chi connectivity index (χ0n) is 11.6. The predicted octanol–water partition coefficient (Wildman–Crippen LogP) is 3.89. The minimum Gasteiger partial charge on any atom is -0.496 e. The molecule has 0 radical (unpaired) electrons. The molecule has 3 aromatic rings. The van der Waals surface area contributed by atoms with Crippen LogP contribution in [0.4, 0.5) is 0 Å². The van der Waals surface area contributed by atoms with Crippen molar-refractivity contribution in [2.75, 3.05) is 7.11 Å². The molecule has 0 saturated carbocycles. The zero-order valence-corrected chi connectivity index (χ0v) is 12.4. The molecule has 0 atom stereocenters. The second-order valence-corrected chi connectivity index (χ2v) is 5.64. The molecule has 3 nitrogen and oxygen atoms in total. The number of pyridine rings is 1. The van der Waals surface area contributed by atoms with Gasteiger partial charge in [0.2, 0.25) is 0 Å². The Labute approximate surface area is 127 Å². The highest BCUT2D eigenvalue weighted by molar-refractivity contribution is 7.99. The molecule has 0 amide bonds. The summed E-state index contributed by atoms with van der Waals surface area (Å²) in [7, 11) is 1.68. The van der Waals surface area contributed by atoms with Gasteiger partial charge in [-0.1, -0.05) is 36.0 Å². The van der Waals surface area contributed by atoms with E-state index in [-0.39, 0.29) is 6.61 Å². The van der Waals surface area contributed by atoms with Crippen molar-refractivity contribution in [1.29, 1.82) is 0 Å². The van der Waals surface area contributed by atoms with E-state index in [2.05, 4.69) is 11.1 Å². The lowest BCUT2D eigenvalue weighted by Gasteiger charge is -2.08. The maximum absolute atomic E-state index is 9.08. The molecule has 21 heavy (non-hydrogen) atoms. The summed E-state index contributed by atoms with van der Waals surface area (Å²) >= 11 is 1.61. The third-order valence-electron chi connectivity index (χ3n) is 3.27. The second-order valence-electron chi connectivity index (χ2n) is 4.58. The Morgan fingerprint density at radius 1 is 1.05 bits per heavy atom. The van der Waals surface area contributed by atoms with Crippen molar-refractivity contribution in [2.45, 2.75) is 16.5 Å². The SMILES string of the molecule is COc1cccc2c(Sc3ccc(CO)cc3)nccc12. The van der Waals surface area contributed by atoms with Crippen LogP contribution >= 0.6 is 11.8 Å². The van der Waals surface area contributed by atoms with Crippen molar-refractivity contribution in [3.63, 3.8) is 0 Å². The maximum Gasteiger partial charge on any atom is 0.126 e. The fourth-order valence-corrected chi connectivity index (χ4v) is 3.08. The van der Waals surface area contributed by atoms with Crippen LogP contribution in [-0.2, 0) is 6.61 Å². The highest BCUT2D eigenvalue weighted by Gasteiger charge is 2.08. The summed E-state index contributed by atoms with van der Waals surface area (Å²) in [6.45, 7) is 0.0641. The molecule has 3 rings (SSSR count). The number of methoxy groups -OCH3 is 1. The number of fused-ring (bicyclic) bond motifs is 1. The van der Waals surface area contributed by atoms with Crippen molar-refractivity contribution in [2.24, 2.45) is 0 Å². The zero-order chi connectivity index (χ0) is 14.7. The van der Waals surface area contributed by atoms with Crippen LogP contribution in [0.25, 0.3) is 10.8 Å². The van der Waals surface area contributed by atoms with Gasteiger partial charge in [-0.2, -0.15) is 0 Å². The minimum absolute atomic E-state index is 0.0641. The molecule has 0 fully saturated rings. The summed E-state index contributed by atoms with van der Waals surface area (Å²) in [6.07, 6.45) is 1.80. The maximum atomic E-state index is 9.08. The van der Waals surface area contributed by atoms with Gasteiger partial charge in [-0.25, -0.2) is 4.98 Å². The average molecular weight is 297 g/mol. The van der Waals surface area contributed by atoms with Crippen LogP contribution in [0.2, 0.25) is 0 Å². The van der Waals surface area contributed by atoms with Gasteiger partial charge in [-0.05, 0) is 29.8 Å². The number of hydrogen-bond acceptors (Lipinski definition) is 4. The lowest BCUT2D eigenvalue weighted by Crippen LogP contribution is -1.88. The van der Waals surface area contributed by atoms with Gasteiger partial charge >= 0.3 is 0 Å². The lowest BCUT2D eigenvalue weighted by atomic mass is 10.1. The highest BCUT2D eigenvalue weighted by Crippen LogP contribution is 2.34. The standard InChI is InChI=1S/C17H15NO2S/c1-20-16-4-2-3-15-14(16)9-10-18-17(15)21-13-7-5-12(11-19)6-8-13/h2-10,19H,11H2,1H3. The van der Waals surface area contributed by atoms with Crippen LogP contribution in [-0.4, -0.2) is 17.2 Å². The van der Waals surface area contributed by atoms with Crippen LogP contribution in [0, 0.1) is 0 Å². The largest absolute Gasteiger partial charge is 0.496 e. The Morgan fingerprint density at radius 3 is 2.57 bits per heavy atom. The van der Waals surface area contributed by atoms with E-state index >= 15 is 0 Å². The van der Waals surface area contributed by atoms with E-state index < -0.39 is 0 Å². The fraction of sp³-hybridized carbons (Fsp3) is 0.118. The molecule has 0 unspecified atom stereocenters. The molecule has 0 spiro atoms. The Morgan fingerprint density at radius 2 is 1.86 bits per heavy atom. The van der Waals surface area contributed by atoms with E-state index in [4.69, 9.17) is 9.84 Å². The van der Waals surface area contributed by atoms with Gasteiger partial charge in [0.25, 0.3) is 0 Å². The topological polar surface area (TPSA) is 42.4 Å². The first kappa shape index (κ1) is 13.9. The Bertz CT molecular complexity index is 756. The number of benzene rings is 2. The first-order valence-corrected chi connectivity index (χ1v) is 7.43. The van der Waals surface area contributed by atoms with E-state index in [1.807, 2.05) is 42.5 Å². The Kier molecular flexibility index (Phi) is 4.08. The number of aromatic nitrogens is 1. The van der Waals surface area contributed by atoms with Gasteiger partial charge in [0.1, 0.15) is 10.8 Å². The Balaban J connectivity index is 2.00. The van der Waals surface area contributed by atoms with Crippen LogP contribution in [0.5, 0.6) is 5.75 Å². The summed E-state index contributed by atoms with van der Waals surface area (Å²) in [5, 5.41) is 12.2.